The van der Waals surface area contributed by atoms with Crippen LogP contribution in [0.4, 0.5) is 10.8 Å². The SMILES string of the molecule is CC1=C(C(=O)Nc2nc3ccccc3s2)[C@H](c2cccc([N+](=O)[O-])c2)C2=C(CC(C)(C)CC2=O)N1. The van der Waals surface area contributed by atoms with Crippen molar-refractivity contribution < 1.29 is 14.5 Å². The van der Waals surface area contributed by atoms with E-state index in [1.165, 1.54) is 23.5 Å². The largest absolute Gasteiger partial charge is 0.362 e. The highest BCUT2D eigenvalue weighted by Crippen LogP contribution is 2.47. The Morgan fingerprint density at radius 2 is 1.97 bits per heavy atom. The number of nitro benzene ring substituents is 1. The van der Waals surface area contributed by atoms with E-state index < -0.39 is 16.7 Å². The van der Waals surface area contributed by atoms with E-state index in [0.29, 0.717) is 40.4 Å². The van der Waals surface area contributed by atoms with Crippen molar-refractivity contribution in [2.24, 2.45) is 5.41 Å². The average Bonchev–Trinajstić information content (AvgIpc) is 3.19. The Bertz CT molecular complexity index is 1430. The van der Waals surface area contributed by atoms with E-state index in [1.54, 1.807) is 19.1 Å². The predicted molar refractivity (Wildman–Crippen MR) is 135 cm³/mol. The molecule has 1 aliphatic heterocycles. The molecule has 0 saturated carbocycles. The summed E-state index contributed by atoms with van der Waals surface area (Å²) >= 11 is 1.36. The van der Waals surface area contributed by atoms with Crippen molar-refractivity contribution in [3.8, 4) is 0 Å². The Labute approximate surface area is 205 Å². The van der Waals surface area contributed by atoms with Gasteiger partial charge >= 0.3 is 0 Å². The molecule has 178 valence electrons. The highest BCUT2D eigenvalue weighted by Gasteiger charge is 2.43. The molecule has 0 unspecified atom stereocenters. The Morgan fingerprint density at radius 1 is 1.20 bits per heavy atom. The van der Waals surface area contributed by atoms with Crippen LogP contribution in [-0.2, 0) is 9.59 Å². The summed E-state index contributed by atoms with van der Waals surface area (Å²) in [6.45, 7) is 5.87. The van der Waals surface area contributed by atoms with Gasteiger partial charge in [-0.15, -0.1) is 0 Å². The number of carbonyl (C=O) groups excluding carboxylic acids is 2. The van der Waals surface area contributed by atoms with Crippen molar-refractivity contribution in [1.29, 1.82) is 0 Å². The molecule has 0 bridgehead atoms. The van der Waals surface area contributed by atoms with Crippen LogP contribution in [0.3, 0.4) is 0 Å². The van der Waals surface area contributed by atoms with Crippen molar-refractivity contribution in [1.82, 2.24) is 10.3 Å². The molecule has 3 aromatic rings. The number of amides is 1. The third-order valence-corrected chi connectivity index (χ3v) is 7.36. The molecule has 2 heterocycles. The van der Waals surface area contributed by atoms with Crippen LogP contribution in [0, 0.1) is 15.5 Å². The zero-order valence-corrected chi connectivity index (χ0v) is 20.4. The first-order valence-electron chi connectivity index (χ1n) is 11.3. The minimum Gasteiger partial charge on any atom is -0.362 e. The van der Waals surface area contributed by atoms with Gasteiger partial charge in [0.1, 0.15) is 0 Å². The fourth-order valence-corrected chi connectivity index (χ4v) is 5.84. The number of para-hydroxylation sites is 1. The summed E-state index contributed by atoms with van der Waals surface area (Å²) in [5, 5.41) is 18.1. The minimum absolute atomic E-state index is 0.0574. The number of ketones is 1. The predicted octanol–water partition coefficient (Wildman–Crippen LogP) is 5.45. The summed E-state index contributed by atoms with van der Waals surface area (Å²) in [5.74, 6) is -1.17. The fraction of sp³-hybridized carbons (Fsp3) is 0.269. The van der Waals surface area contributed by atoms with Gasteiger partial charge in [-0.3, -0.25) is 25.0 Å². The zero-order valence-electron chi connectivity index (χ0n) is 19.5. The fourth-order valence-electron chi connectivity index (χ4n) is 4.98. The lowest BCUT2D eigenvalue weighted by molar-refractivity contribution is -0.384. The van der Waals surface area contributed by atoms with Gasteiger partial charge in [-0.25, -0.2) is 4.98 Å². The number of thiazole rings is 1. The molecule has 9 heteroatoms. The Balaban J connectivity index is 1.60. The standard InChI is InChI=1S/C26H24N4O4S/c1-14-21(24(32)29-25-28-17-9-4-5-10-20(17)35-25)22(15-7-6-8-16(11-15)30(33)34)23-18(27-14)12-26(2,3)13-19(23)31/h4-11,22,27H,12-13H2,1-3H3,(H,28,29,32)/t22-/m0/s1. The first-order chi connectivity index (χ1) is 16.6. The molecule has 1 aromatic heterocycles. The summed E-state index contributed by atoms with van der Waals surface area (Å²) in [5.41, 5.74) is 3.26. The number of non-ortho nitro benzene ring substituents is 1. The van der Waals surface area contributed by atoms with E-state index in [0.717, 1.165) is 15.9 Å². The number of fused-ring (bicyclic) bond motifs is 1. The number of nitro groups is 1. The molecule has 8 nitrogen and oxygen atoms in total. The van der Waals surface area contributed by atoms with E-state index in [-0.39, 0.29) is 16.9 Å². The third kappa shape index (κ3) is 4.23. The number of Topliss-reactive ketones (excluding diaryl/α,β-unsaturated/α-hetero) is 1. The van der Waals surface area contributed by atoms with Gasteiger partial charge in [-0.2, -0.15) is 0 Å². The van der Waals surface area contributed by atoms with Crippen molar-refractivity contribution in [2.75, 3.05) is 5.32 Å². The van der Waals surface area contributed by atoms with Crippen molar-refractivity contribution in [3.63, 3.8) is 0 Å². The van der Waals surface area contributed by atoms with Crippen molar-refractivity contribution >= 4 is 44.1 Å². The molecular weight excluding hydrogens is 464 g/mol. The molecule has 1 aliphatic carbocycles. The summed E-state index contributed by atoms with van der Waals surface area (Å²) in [4.78, 5) is 42.6. The molecular formula is C26H24N4O4S. The number of rotatable bonds is 4. The van der Waals surface area contributed by atoms with Gasteiger partial charge in [0.15, 0.2) is 10.9 Å². The number of carbonyl (C=O) groups is 2. The van der Waals surface area contributed by atoms with Gasteiger partial charge < -0.3 is 5.32 Å². The van der Waals surface area contributed by atoms with Gasteiger partial charge in [-0.1, -0.05) is 49.4 Å². The molecule has 0 radical (unpaired) electrons. The molecule has 2 aliphatic rings. The number of anilines is 1. The number of nitrogens with zero attached hydrogens (tertiary/aromatic N) is 2. The lowest BCUT2D eigenvalue weighted by Gasteiger charge is -2.39. The van der Waals surface area contributed by atoms with Crippen LogP contribution in [0.1, 0.15) is 45.1 Å². The summed E-state index contributed by atoms with van der Waals surface area (Å²) in [7, 11) is 0. The Kier molecular flexibility index (Phi) is 5.52. The van der Waals surface area contributed by atoms with E-state index >= 15 is 0 Å². The maximum Gasteiger partial charge on any atom is 0.269 e. The number of aromatic nitrogens is 1. The van der Waals surface area contributed by atoms with E-state index in [9.17, 15) is 19.7 Å². The molecule has 0 fully saturated rings. The topological polar surface area (TPSA) is 114 Å². The molecule has 0 spiro atoms. The number of allylic oxidation sites excluding steroid dienone is 3. The summed E-state index contributed by atoms with van der Waals surface area (Å²) in [6.07, 6.45) is 0.981. The lowest BCUT2D eigenvalue weighted by atomic mass is 9.68. The first-order valence-corrected chi connectivity index (χ1v) is 12.1. The number of hydrogen-bond donors (Lipinski definition) is 2. The maximum absolute atomic E-state index is 13.7. The number of nitrogens with one attached hydrogen (secondary N) is 2. The molecule has 1 atom stereocenters. The zero-order chi connectivity index (χ0) is 24.9. The van der Waals surface area contributed by atoms with Gasteiger partial charge in [0.2, 0.25) is 0 Å². The van der Waals surface area contributed by atoms with Crippen LogP contribution in [0.5, 0.6) is 0 Å². The highest BCUT2D eigenvalue weighted by atomic mass is 32.1. The number of hydrogen-bond acceptors (Lipinski definition) is 7. The van der Waals surface area contributed by atoms with Crippen LogP contribution in [0.25, 0.3) is 10.2 Å². The Hall–Kier alpha value is -3.85. The molecule has 2 aromatic carbocycles. The van der Waals surface area contributed by atoms with Crippen LogP contribution in [-0.4, -0.2) is 21.6 Å². The second-order valence-electron chi connectivity index (χ2n) is 9.72. The van der Waals surface area contributed by atoms with Crippen molar-refractivity contribution in [3.05, 3.63) is 86.7 Å². The van der Waals surface area contributed by atoms with Crippen LogP contribution in [0.2, 0.25) is 0 Å². The van der Waals surface area contributed by atoms with E-state index in [1.807, 2.05) is 38.1 Å². The van der Waals surface area contributed by atoms with Gasteiger partial charge in [0, 0.05) is 47.0 Å². The smallest absolute Gasteiger partial charge is 0.269 e. The normalized spacial score (nSPS) is 19.4. The molecule has 1 amide bonds. The summed E-state index contributed by atoms with van der Waals surface area (Å²) in [6, 6.07) is 13.8. The van der Waals surface area contributed by atoms with Crippen LogP contribution < -0.4 is 10.6 Å². The highest BCUT2D eigenvalue weighted by molar-refractivity contribution is 7.22. The minimum atomic E-state index is -0.718. The lowest BCUT2D eigenvalue weighted by Crippen LogP contribution is -2.39. The Morgan fingerprint density at radius 3 is 2.71 bits per heavy atom. The molecule has 5 rings (SSSR count). The first kappa shape index (κ1) is 22.9. The van der Waals surface area contributed by atoms with E-state index in [2.05, 4.69) is 15.6 Å². The monoisotopic (exact) mass is 488 g/mol. The molecule has 35 heavy (non-hydrogen) atoms. The van der Waals surface area contributed by atoms with Gasteiger partial charge in [0.25, 0.3) is 11.6 Å². The van der Waals surface area contributed by atoms with Gasteiger partial charge in [0.05, 0.1) is 15.1 Å². The van der Waals surface area contributed by atoms with Crippen LogP contribution in [0.15, 0.2) is 71.1 Å². The quantitative estimate of drug-likeness (QED) is 0.373. The van der Waals surface area contributed by atoms with Gasteiger partial charge in [-0.05, 0) is 36.5 Å². The number of benzene rings is 2. The van der Waals surface area contributed by atoms with Crippen molar-refractivity contribution in [2.45, 2.75) is 39.5 Å². The van der Waals surface area contributed by atoms with E-state index in [4.69, 9.17) is 0 Å². The second kappa shape index (κ2) is 8.42. The van der Waals surface area contributed by atoms with Crippen LogP contribution >= 0.6 is 11.3 Å². The molecule has 2 N–H and O–H groups in total. The maximum atomic E-state index is 13.7. The second-order valence-corrected chi connectivity index (χ2v) is 10.8. The summed E-state index contributed by atoms with van der Waals surface area (Å²) < 4.78 is 0.945. The average molecular weight is 489 g/mol. The third-order valence-electron chi connectivity index (χ3n) is 6.41. The number of dihydropyridines is 1. The molecule has 0 saturated heterocycles.